The van der Waals surface area contributed by atoms with E-state index in [9.17, 15) is 5.11 Å². The molecule has 0 radical (unpaired) electrons. The van der Waals surface area contributed by atoms with Gasteiger partial charge in [0.2, 0.25) is 0 Å². The smallest absolute Gasteiger partial charge is 0.171 e. The van der Waals surface area contributed by atoms with Gasteiger partial charge in [0.1, 0.15) is 0 Å². The van der Waals surface area contributed by atoms with E-state index >= 15 is 0 Å². The van der Waals surface area contributed by atoms with Crippen LogP contribution in [0, 0.1) is 10.8 Å². The molecule has 162 valence electrons. The van der Waals surface area contributed by atoms with Crippen LogP contribution in [0.15, 0.2) is 18.2 Å². The van der Waals surface area contributed by atoms with E-state index in [2.05, 4.69) is 85.9 Å². The summed E-state index contributed by atoms with van der Waals surface area (Å²) >= 11 is 0. The maximum Gasteiger partial charge on any atom is 0.171 e. The van der Waals surface area contributed by atoms with Crippen molar-refractivity contribution in [3.63, 3.8) is 0 Å². The summed E-state index contributed by atoms with van der Waals surface area (Å²) in [4.78, 5) is 0. The van der Waals surface area contributed by atoms with E-state index in [-0.39, 0.29) is 23.0 Å². The summed E-state index contributed by atoms with van der Waals surface area (Å²) in [5.74, 6) is 0. The zero-order valence-electron chi connectivity index (χ0n) is 20.3. The molecule has 0 heterocycles. The monoisotopic (exact) mass is 424 g/mol. The number of aliphatic hydroxyl groups is 1. The summed E-state index contributed by atoms with van der Waals surface area (Å²) in [6.07, 6.45) is -0.00531. The Balaban J connectivity index is 3.68. The Morgan fingerprint density at radius 1 is 0.679 bits per heavy atom. The lowest BCUT2D eigenvalue weighted by atomic mass is 9.79. The van der Waals surface area contributed by atoms with Crippen LogP contribution in [0.2, 0.25) is 26.2 Å². The van der Waals surface area contributed by atoms with Gasteiger partial charge in [0, 0.05) is 0 Å². The summed E-state index contributed by atoms with van der Waals surface area (Å²) in [6, 6.07) is 6.51. The van der Waals surface area contributed by atoms with Gasteiger partial charge in [-0.25, -0.2) is 0 Å². The van der Waals surface area contributed by atoms with Crippen LogP contribution in [0.4, 0.5) is 0 Å². The fourth-order valence-electron chi connectivity index (χ4n) is 3.44. The molecule has 0 saturated carbocycles. The standard InChI is InChI=1S/C23H44O3Si2/c1-21(2,3)19(25-27(9)10)16-13-17(15-18(14-16)23(7,8)24)20(22(4,5)6)26-28(11)12/h13-15,19-20,24,27-28H,1-12H3. The fourth-order valence-corrected chi connectivity index (χ4v) is 5.66. The van der Waals surface area contributed by atoms with Crippen LogP contribution in [0.3, 0.4) is 0 Å². The van der Waals surface area contributed by atoms with Gasteiger partial charge in [-0.05, 0) is 67.6 Å². The average Bonchev–Trinajstić information content (AvgIpc) is 2.46. The highest BCUT2D eigenvalue weighted by Crippen LogP contribution is 2.42. The van der Waals surface area contributed by atoms with E-state index in [0.717, 1.165) is 16.7 Å². The van der Waals surface area contributed by atoms with E-state index in [1.807, 2.05) is 13.8 Å². The predicted molar refractivity (Wildman–Crippen MR) is 126 cm³/mol. The van der Waals surface area contributed by atoms with Crippen molar-refractivity contribution in [3.05, 3.63) is 34.9 Å². The van der Waals surface area contributed by atoms with Crippen LogP contribution in [-0.2, 0) is 14.5 Å². The Morgan fingerprint density at radius 2 is 1.00 bits per heavy atom. The first-order valence-corrected chi connectivity index (χ1v) is 16.2. The van der Waals surface area contributed by atoms with Gasteiger partial charge >= 0.3 is 0 Å². The lowest BCUT2D eigenvalue weighted by Crippen LogP contribution is -2.29. The Hall–Kier alpha value is -0.466. The van der Waals surface area contributed by atoms with Crippen LogP contribution >= 0.6 is 0 Å². The minimum Gasteiger partial charge on any atom is -0.413 e. The van der Waals surface area contributed by atoms with Gasteiger partial charge in [0.15, 0.2) is 18.1 Å². The number of rotatable bonds is 7. The maximum atomic E-state index is 10.8. The zero-order valence-corrected chi connectivity index (χ0v) is 22.6. The third-order valence-corrected chi connectivity index (χ3v) is 6.31. The largest absolute Gasteiger partial charge is 0.413 e. The lowest BCUT2D eigenvalue weighted by molar-refractivity contribution is 0.0703. The molecule has 0 aliphatic rings. The summed E-state index contributed by atoms with van der Waals surface area (Å²) in [5, 5.41) is 10.8. The topological polar surface area (TPSA) is 38.7 Å². The van der Waals surface area contributed by atoms with Crippen LogP contribution in [0.25, 0.3) is 0 Å². The van der Waals surface area contributed by atoms with Crippen molar-refractivity contribution in [1.29, 1.82) is 0 Å². The van der Waals surface area contributed by atoms with Crippen molar-refractivity contribution in [3.8, 4) is 0 Å². The second kappa shape index (κ2) is 9.13. The quantitative estimate of drug-likeness (QED) is 0.538. The minimum absolute atomic E-state index is 0.00266. The Kier molecular flexibility index (Phi) is 8.34. The summed E-state index contributed by atoms with van der Waals surface area (Å²) in [6.45, 7) is 25.9. The van der Waals surface area contributed by atoms with Crippen molar-refractivity contribution in [2.45, 2.75) is 99.4 Å². The second-order valence-electron chi connectivity index (χ2n) is 11.3. The van der Waals surface area contributed by atoms with E-state index in [1.54, 1.807) is 0 Å². The van der Waals surface area contributed by atoms with Crippen molar-refractivity contribution in [2.24, 2.45) is 10.8 Å². The first kappa shape index (κ1) is 25.6. The number of hydrogen-bond donors (Lipinski definition) is 1. The maximum absolute atomic E-state index is 10.8. The molecule has 5 heteroatoms. The second-order valence-corrected chi connectivity index (χ2v) is 16.0. The molecule has 0 saturated heterocycles. The lowest BCUT2D eigenvalue weighted by Gasteiger charge is -2.37. The van der Waals surface area contributed by atoms with E-state index < -0.39 is 23.7 Å². The molecule has 2 atom stereocenters. The molecule has 1 rings (SSSR count). The van der Waals surface area contributed by atoms with Gasteiger partial charge in [0.25, 0.3) is 0 Å². The Bertz CT molecular complexity index is 588. The highest BCUT2D eigenvalue weighted by molar-refractivity contribution is 6.48. The number of hydrogen-bond acceptors (Lipinski definition) is 3. The molecular formula is C23H44O3Si2. The fraction of sp³-hybridized carbons (Fsp3) is 0.739. The molecule has 1 aromatic carbocycles. The Labute approximate surface area is 177 Å². The van der Waals surface area contributed by atoms with Crippen molar-refractivity contribution in [2.75, 3.05) is 0 Å². The molecule has 1 aromatic rings. The molecular weight excluding hydrogens is 380 g/mol. The molecule has 0 bridgehead atoms. The highest BCUT2D eigenvalue weighted by atomic mass is 28.3. The summed E-state index contributed by atoms with van der Waals surface area (Å²) in [7, 11) is -2.48. The SMILES string of the molecule is C[SiH](C)OC(c1cc(C(O[SiH](C)C)C(C)(C)C)cc(C(C)(C)O)c1)C(C)(C)C. The van der Waals surface area contributed by atoms with E-state index in [4.69, 9.17) is 8.85 Å². The van der Waals surface area contributed by atoms with Gasteiger partial charge in [0.05, 0.1) is 17.8 Å². The first-order chi connectivity index (χ1) is 12.4. The van der Waals surface area contributed by atoms with Crippen LogP contribution < -0.4 is 0 Å². The molecule has 28 heavy (non-hydrogen) atoms. The molecule has 0 fully saturated rings. The van der Waals surface area contributed by atoms with Gasteiger partial charge in [-0.2, -0.15) is 0 Å². The molecule has 0 spiro atoms. The minimum atomic E-state index is -1.24. The van der Waals surface area contributed by atoms with Crippen LogP contribution in [0.1, 0.15) is 84.3 Å². The average molecular weight is 425 g/mol. The molecule has 3 nitrogen and oxygen atoms in total. The normalized spacial score (nSPS) is 16.0. The van der Waals surface area contributed by atoms with Crippen LogP contribution in [0.5, 0.6) is 0 Å². The highest BCUT2D eigenvalue weighted by Gasteiger charge is 2.33. The molecule has 0 aliphatic carbocycles. The first-order valence-electron chi connectivity index (χ1n) is 10.6. The van der Waals surface area contributed by atoms with Gasteiger partial charge in [-0.1, -0.05) is 59.7 Å². The van der Waals surface area contributed by atoms with Gasteiger partial charge < -0.3 is 14.0 Å². The number of benzene rings is 1. The molecule has 1 N–H and O–H groups in total. The van der Waals surface area contributed by atoms with Crippen molar-refractivity contribution >= 4 is 18.1 Å². The van der Waals surface area contributed by atoms with E-state index in [0.29, 0.717) is 0 Å². The van der Waals surface area contributed by atoms with Crippen LogP contribution in [-0.4, -0.2) is 23.2 Å². The summed E-state index contributed by atoms with van der Waals surface area (Å²) in [5.41, 5.74) is 2.24. The predicted octanol–water partition coefficient (Wildman–Crippen LogP) is 6.09. The van der Waals surface area contributed by atoms with E-state index in [1.165, 1.54) is 0 Å². The third-order valence-electron chi connectivity index (χ3n) is 4.68. The molecule has 0 aromatic heterocycles. The molecule has 0 aliphatic heterocycles. The zero-order chi connectivity index (χ0) is 22.1. The molecule has 0 amide bonds. The van der Waals surface area contributed by atoms with Gasteiger partial charge in [-0.3, -0.25) is 0 Å². The van der Waals surface area contributed by atoms with Crippen molar-refractivity contribution < 1.29 is 14.0 Å². The third kappa shape index (κ3) is 7.41. The van der Waals surface area contributed by atoms with Crippen molar-refractivity contribution in [1.82, 2.24) is 0 Å². The summed E-state index contributed by atoms with van der Waals surface area (Å²) < 4.78 is 13.0. The Morgan fingerprint density at radius 3 is 1.21 bits per heavy atom. The molecule has 2 unspecified atom stereocenters. The van der Waals surface area contributed by atoms with Gasteiger partial charge in [-0.15, -0.1) is 0 Å².